The van der Waals surface area contributed by atoms with Crippen LogP contribution in [0.5, 0.6) is 0 Å². The van der Waals surface area contributed by atoms with E-state index in [4.69, 9.17) is 4.98 Å². The molecule has 0 amide bonds. The number of aromatic nitrogens is 2. The molecule has 0 atom stereocenters. The number of imidazole rings is 1. The summed E-state index contributed by atoms with van der Waals surface area (Å²) in [6, 6.07) is 25.2. The molecule has 1 fully saturated rings. The third-order valence-electron chi connectivity index (χ3n) is 7.36. The van der Waals surface area contributed by atoms with Gasteiger partial charge in [-0.3, -0.25) is 4.90 Å². The highest BCUT2D eigenvalue weighted by Crippen LogP contribution is 2.29. The molecule has 0 spiro atoms. The van der Waals surface area contributed by atoms with E-state index in [9.17, 15) is 0 Å². The lowest BCUT2D eigenvalue weighted by molar-refractivity contribution is 0.140. The molecule has 1 aromatic heterocycles. The molecule has 4 aromatic rings. The minimum absolute atomic E-state index is 0.733. The zero-order chi connectivity index (χ0) is 23.7. The van der Waals surface area contributed by atoms with Crippen molar-refractivity contribution in [3.8, 4) is 22.5 Å². The summed E-state index contributed by atoms with van der Waals surface area (Å²) in [6.45, 7) is 8.63. The Morgan fingerprint density at radius 3 is 2.15 bits per heavy atom. The number of aryl methyl sites for hydroxylation is 2. The second-order valence-electron chi connectivity index (χ2n) is 9.92. The van der Waals surface area contributed by atoms with E-state index >= 15 is 0 Å². The molecular weight excluding hydrogens is 416 g/mol. The van der Waals surface area contributed by atoms with Crippen LogP contribution in [-0.4, -0.2) is 52.6 Å². The summed E-state index contributed by atoms with van der Waals surface area (Å²) in [6.07, 6.45) is 2.53. The van der Waals surface area contributed by atoms with Crippen LogP contribution in [0.15, 0.2) is 66.7 Å². The van der Waals surface area contributed by atoms with Crippen LogP contribution in [-0.2, 0) is 13.1 Å². The van der Waals surface area contributed by atoms with Gasteiger partial charge in [0.1, 0.15) is 5.82 Å². The number of benzene rings is 3. The third-order valence-corrected chi connectivity index (χ3v) is 7.36. The summed E-state index contributed by atoms with van der Waals surface area (Å²) in [5, 5.41) is 0. The highest BCUT2D eigenvalue weighted by molar-refractivity contribution is 5.85. The van der Waals surface area contributed by atoms with E-state index in [1.165, 1.54) is 59.3 Å². The molecule has 1 saturated heterocycles. The minimum atomic E-state index is 0.733. The number of rotatable bonds is 6. The monoisotopic (exact) mass is 452 g/mol. The van der Waals surface area contributed by atoms with Gasteiger partial charge in [0, 0.05) is 24.7 Å². The predicted octanol–water partition coefficient (Wildman–Crippen LogP) is 6.22. The van der Waals surface area contributed by atoms with Crippen LogP contribution in [0.2, 0.25) is 0 Å². The Labute approximate surface area is 203 Å². The number of likely N-dealkylation sites (tertiary alicyclic amines) is 1. The Bertz CT molecular complexity index is 1240. The summed E-state index contributed by atoms with van der Waals surface area (Å²) in [7, 11) is 4.40. The second-order valence-corrected chi connectivity index (χ2v) is 9.92. The second kappa shape index (κ2) is 9.73. The molecule has 176 valence electrons. The number of hydrogen-bond acceptors (Lipinski definition) is 3. The Morgan fingerprint density at radius 2 is 1.50 bits per heavy atom. The lowest BCUT2D eigenvalue weighted by atomic mass is 10.0. The van der Waals surface area contributed by atoms with Gasteiger partial charge < -0.3 is 9.47 Å². The molecule has 0 bridgehead atoms. The van der Waals surface area contributed by atoms with Crippen LogP contribution in [0.1, 0.15) is 30.9 Å². The number of nitrogens with zero attached hydrogens (tertiary/aromatic N) is 4. The molecule has 4 nitrogen and oxygen atoms in total. The highest BCUT2D eigenvalue weighted by Gasteiger charge is 2.20. The Hall–Kier alpha value is -2.95. The van der Waals surface area contributed by atoms with Crippen molar-refractivity contribution in [3.05, 3.63) is 77.9 Å². The van der Waals surface area contributed by atoms with Crippen LogP contribution in [0.3, 0.4) is 0 Å². The number of piperidine rings is 1. The van der Waals surface area contributed by atoms with Crippen molar-refractivity contribution in [2.24, 2.45) is 0 Å². The lowest BCUT2D eigenvalue weighted by Gasteiger charge is -2.35. The molecule has 0 saturated carbocycles. The van der Waals surface area contributed by atoms with Crippen LogP contribution in [0, 0.1) is 6.92 Å². The van der Waals surface area contributed by atoms with Crippen LogP contribution < -0.4 is 0 Å². The molecule has 34 heavy (non-hydrogen) atoms. The van der Waals surface area contributed by atoms with Gasteiger partial charge in [-0.15, -0.1) is 0 Å². The van der Waals surface area contributed by atoms with Crippen molar-refractivity contribution in [2.75, 3.05) is 27.2 Å². The van der Waals surface area contributed by atoms with Gasteiger partial charge in [-0.2, -0.15) is 0 Å². The van der Waals surface area contributed by atoms with Crippen molar-refractivity contribution < 1.29 is 0 Å². The van der Waals surface area contributed by atoms with E-state index in [1.807, 2.05) is 0 Å². The number of fused-ring (bicyclic) bond motifs is 1. The van der Waals surface area contributed by atoms with Crippen molar-refractivity contribution in [1.29, 1.82) is 0 Å². The molecule has 5 rings (SSSR count). The van der Waals surface area contributed by atoms with Gasteiger partial charge in [-0.25, -0.2) is 4.98 Å². The van der Waals surface area contributed by atoms with E-state index in [1.54, 1.807) is 0 Å². The average molecular weight is 453 g/mol. The summed E-state index contributed by atoms with van der Waals surface area (Å²) >= 11 is 0. The molecule has 0 aliphatic carbocycles. The largest absolute Gasteiger partial charge is 0.324 e. The topological polar surface area (TPSA) is 24.3 Å². The van der Waals surface area contributed by atoms with Crippen molar-refractivity contribution >= 4 is 11.0 Å². The standard InChI is InChI=1S/C30H36N4/c1-5-34-29-20-26(14-15-28(29)31-30(34)25-10-6-22(2)7-11-25)24-12-8-23(9-13-24)21-33-18-16-27(17-19-33)32(3)4/h6-15,20,27H,5,16-19,21H2,1-4H3. The van der Waals surface area contributed by atoms with Gasteiger partial charge in [-0.1, -0.05) is 60.2 Å². The fourth-order valence-corrected chi connectivity index (χ4v) is 5.20. The maximum absolute atomic E-state index is 4.97. The molecule has 1 aliphatic rings. The number of hydrogen-bond donors (Lipinski definition) is 0. The van der Waals surface area contributed by atoms with E-state index < -0.39 is 0 Å². The van der Waals surface area contributed by atoms with Gasteiger partial charge in [0.15, 0.2) is 0 Å². The Kier molecular flexibility index (Phi) is 6.53. The first-order valence-electron chi connectivity index (χ1n) is 12.6. The zero-order valence-corrected chi connectivity index (χ0v) is 21.0. The summed E-state index contributed by atoms with van der Waals surface area (Å²) in [5.74, 6) is 1.04. The van der Waals surface area contributed by atoms with E-state index in [-0.39, 0.29) is 0 Å². The normalized spacial score (nSPS) is 15.4. The summed E-state index contributed by atoms with van der Waals surface area (Å²) in [5.41, 5.74) is 8.60. The fraction of sp³-hybridized carbons (Fsp3) is 0.367. The molecule has 0 N–H and O–H groups in total. The SMILES string of the molecule is CCn1c(-c2ccc(C)cc2)nc2ccc(-c3ccc(CN4CCC(N(C)C)CC4)cc3)cc21. The molecule has 0 radical (unpaired) electrons. The first-order chi connectivity index (χ1) is 16.5. The molecule has 1 aliphatic heterocycles. The first kappa shape index (κ1) is 22.8. The minimum Gasteiger partial charge on any atom is -0.324 e. The fourth-order valence-electron chi connectivity index (χ4n) is 5.20. The lowest BCUT2D eigenvalue weighted by Crippen LogP contribution is -2.41. The maximum atomic E-state index is 4.97. The average Bonchev–Trinajstić information content (AvgIpc) is 3.23. The van der Waals surface area contributed by atoms with Gasteiger partial charge in [0.25, 0.3) is 0 Å². The zero-order valence-electron chi connectivity index (χ0n) is 21.0. The molecule has 2 heterocycles. The molecule has 3 aromatic carbocycles. The Morgan fingerprint density at radius 1 is 0.853 bits per heavy atom. The molecule has 4 heteroatoms. The predicted molar refractivity (Wildman–Crippen MR) is 143 cm³/mol. The van der Waals surface area contributed by atoms with E-state index in [0.717, 1.165) is 30.5 Å². The quantitative estimate of drug-likeness (QED) is 0.347. The van der Waals surface area contributed by atoms with Crippen molar-refractivity contribution in [3.63, 3.8) is 0 Å². The summed E-state index contributed by atoms with van der Waals surface area (Å²) < 4.78 is 2.33. The first-order valence-corrected chi connectivity index (χ1v) is 12.6. The van der Waals surface area contributed by atoms with Gasteiger partial charge >= 0.3 is 0 Å². The van der Waals surface area contributed by atoms with Gasteiger partial charge in [0.05, 0.1) is 11.0 Å². The Balaban J connectivity index is 1.35. The smallest absolute Gasteiger partial charge is 0.141 e. The molecule has 0 unspecified atom stereocenters. The molecular formula is C30H36N4. The van der Waals surface area contributed by atoms with Crippen molar-refractivity contribution in [1.82, 2.24) is 19.4 Å². The van der Waals surface area contributed by atoms with Crippen LogP contribution >= 0.6 is 0 Å². The highest BCUT2D eigenvalue weighted by atomic mass is 15.2. The van der Waals surface area contributed by atoms with Crippen LogP contribution in [0.25, 0.3) is 33.5 Å². The van der Waals surface area contributed by atoms with Gasteiger partial charge in [0.2, 0.25) is 0 Å². The van der Waals surface area contributed by atoms with Crippen LogP contribution in [0.4, 0.5) is 0 Å². The van der Waals surface area contributed by atoms with E-state index in [2.05, 4.69) is 109 Å². The maximum Gasteiger partial charge on any atom is 0.141 e. The summed E-state index contributed by atoms with van der Waals surface area (Å²) in [4.78, 5) is 9.93. The van der Waals surface area contributed by atoms with Gasteiger partial charge in [-0.05, 0) is 82.7 Å². The van der Waals surface area contributed by atoms with E-state index in [0.29, 0.717) is 0 Å². The third kappa shape index (κ3) is 4.66. The van der Waals surface area contributed by atoms with Crippen molar-refractivity contribution in [2.45, 2.75) is 45.8 Å².